The van der Waals surface area contributed by atoms with Gasteiger partial charge in [0.15, 0.2) is 11.5 Å². The van der Waals surface area contributed by atoms with Gasteiger partial charge in [0.25, 0.3) is 0 Å². The molecule has 10 nitrogen and oxygen atoms in total. The zero-order valence-electron chi connectivity index (χ0n) is 19.3. The number of benzene rings is 2. The van der Waals surface area contributed by atoms with E-state index in [4.69, 9.17) is 18.9 Å². The summed E-state index contributed by atoms with van der Waals surface area (Å²) in [7, 11) is -0.905. The molecule has 35 heavy (non-hydrogen) atoms. The fourth-order valence-corrected chi connectivity index (χ4v) is 6.48. The predicted molar refractivity (Wildman–Crippen MR) is 130 cm³/mol. The summed E-state index contributed by atoms with van der Waals surface area (Å²) in [6.45, 7) is 0.260. The number of hydrogen-bond donors (Lipinski definition) is 1. The summed E-state index contributed by atoms with van der Waals surface area (Å²) in [5.74, 6) is 0.976. The highest BCUT2D eigenvalue weighted by molar-refractivity contribution is 7.89. The molecule has 188 valence electrons. The maximum absolute atomic E-state index is 13.4. The Labute approximate surface area is 206 Å². The van der Waals surface area contributed by atoms with Crippen LogP contribution in [0.5, 0.6) is 17.2 Å². The number of esters is 1. The minimum atomic E-state index is -3.96. The number of sulfonamides is 1. The molecule has 4 rings (SSSR count). The summed E-state index contributed by atoms with van der Waals surface area (Å²) >= 11 is 0.938. The molecule has 2 heterocycles. The van der Waals surface area contributed by atoms with Gasteiger partial charge in [-0.1, -0.05) is 11.3 Å². The number of hydrogen-bond acceptors (Lipinski definition) is 9. The average Bonchev–Trinajstić information content (AvgIpc) is 3.25. The van der Waals surface area contributed by atoms with Crippen LogP contribution in [-0.4, -0.2) is 63.7 Å². The number of carbonyl (C=O) groups excluding carboxylic acids is 1. The summed E-state index contributed by atoms with van der Waals surface area (Å²) in [6.07, 6.45) is 1.73. The second-order valence-corrected chi connectivity index (χ2v) is 10.7. The Morgan fingerprint density at radius 1 is 1.09 bits per heavy atom. The third-order valence-electron chi connectivity index (χ3n) is 5.68. The van der Waals surface area contributed by atoms with Gasteiger partial charge in [-0.3, -0.25) is 9.59 Å². The topological polar surface area (TPSA) is 124 Å². The maximum Gasteiger partial charge on any atom is 0.324 e. The van der Waals surface area contributed by atoms with Crippen LogP contribution in [0.4, 0.5) is 0 Å². The number of nitrogens with zero attached hydrogens (tertiary/aromatic N) is 1. The Morgan fingerprint density at radius 3 is 2.66 bits per heavy atom. The molecule has 0 bridgehead atoms. The van der Waals surface area contributed by atoms with Crippen LogP contribution in [0.2, 0.25) is 0 Å². The highest BCUT2D eigenvalue weighted by atomic mass is 32.2. The van der Waals surface area contributed by atoms with Crippen molar-refractivity contribution < 1.29 is 32.2 Å². The second kappa shape index (κ2) is 10.7. The van der Waals surface area contributed by atoms with E-state index in [2.05, 4.69) is 4.98 Å². The number of methoxy groups -OCH3 is 2. The van der Waals surface area contributed by atoms with E-state index in [9.17, 15) is 18.0 Å². The lowest BCUT2D eigenvalue weighted by Crippen LogP contribution is -2.48. The molecule has 1 saturated heterocycles. The van der Waals surface area contributed by atoms with Crippen LogP contribution in [0, 0.1) is 0 Å². The summed E-state index contributed by atoms with van der Waals surface area (Å²) in [6, 6.07) is 8.60. The normalized spacial score (nSPS) is 16.7. The van der Waals surface area contributed by atoms with Gasteiger partial charge in [0.2, 0.25) is 10.0 Å². The standard InChI is InChI=1S/C23H26N2O8S2/c1-30-19-9-6-15(13-20(19)31-2)32-11-12-33-22(26)18-5-3-4-10-25(18)35(28,29)16-7-8-17-21(14-16)34-23(27)24-17/h6-9,13-14,18H,3-5,10-12H2,1-2H3,(H,24,27)/t18-/m0/s1. The molecule has 0 amide bonds. The molecular formula is C23H26N2O8S2. The largest absolute Gasteiger partial charge is 0.493 e. The van der Waals surface area contributed by atoms with Crippen molar-refractivity contribution in [3.8, 4) is 17.2 Å². The van der Waals surface area contributed by atoms with Crippen molar-refractivity contribution in [1.29, 1.82) is 0 Å². The number of fused-ring (bicyclic) bond motifs is 1. The van der Waals surface area contributed by atoms with Gasteiger partial charge in [-0.25, -0.2) is 8.42 Å². The summed E-state index contributed by atoms with van der Waals surface area (Å²) in [5, 5.41) is 0. The maximum atomic E-state index is 13.4. The zero-order valence-corrected chi connectivity index (χ0v) is 20.9. The number of H-pyrrole nitrogens is 1. The number of nitrogens with one attached hydrogen (secondary N) is 1. The smallest absolute Gasteiger partial charge is 0.324 e. The van der Waals surface area contributed by atoms with Crippen LogP contribution in [-0.2, 0) is 19.6 Å². The lowest BCUT2D eigenvalue weighted by atomic mass is 10.1. The molecule has 0 saturated carbocycles. The van der Waals surface area contributed by atoms with Crippen molar-refractivity contribution in [3.63, 3.8) is 0 Å². The van der Waals surface area contributed by atoms with Gasteiger partial charge in [0.1, 0.15) is 25.0 Å². The summed E-state index contributed by atoms with van der Waals surface area (Å²) in [4.78, 5) is 26.9. The molecule has 1 aliphatic rings. The highest BCUT2D eigenvalue weighted by Gasteiger charge is 2.38. The van der Waals surface area contributed by atoms with Gasteiger partial charge in [-0.05, 0) is 49.6 Å². The molecule has 0 aliphatic carbocycles. The third kappa shape index (κ3) is 5.44. The molecule has 2 aromatic carbocycles. The predicted octanol–water partition coefficient (Wildman–Crippen LogP) is 2.77. The molecule has 0 unspecified atom stereocenters. The molecule has 12 heteroatoms. The van der Waals surface area contributed by atoms with Gasteiger partial charge >= 0.3 is 10.8 Å². The lowest BCUT2D eigenvalue weighted by Gasteiger charge is -2.33. The van der Waals surface area contributed by atoms with Crippen molar-refractivity contribution in [3.05, 3.63) is 46.1 Å². The second-order valence-electron chi connectivity index (χ2n) is 7.83. The number of rotatable bonds is 9. The molecule has 1 aromatic heterocycles. The van der Waals surface area contributed by atoms with Crippen molar-refractivity contribution >= 4 is 37.5 Å². The number of aromatic nitrogens is 1. The Hall–Kier alpha value is -3.09. The number of carbonyl (C=O) groups is 1. The lowest BCUT2D eigenvalue weighted by molar-refractivity contribution is -0.149. The van der Waals surface area contributed by atoms with E-state index < -0.39 is 22.0 Å². The first-order valence-electron chi connectivity index (χ1n) is 11.0. The van der Waals surface area contributed by atoms with Gasteiger partial charge in [-0.2, -0.15) is 4.31 Å². The van der Waals surface area contributed by atoms with E-state index in [1.54, 1.807) is 24.3 Å². The van der Waals surface area contributed by atoms with E-state index in [1.165, 1.54) is 30.7 Å². The Bertz CT molecular complexity index is 1370. The van der Waals surface area contributed by atoms with E-state index in [1.807, 2.05) is 0 Å². The monoisotopic (exact) mass is 522 g/mol. The molecule has 0 spiro atoms. The third-order valence-corrected chi connectivity index (χ3v) is 8.43. The SMILES string of the molecule is COc1ccc(OCCOC(=O)[C@@H]2CCCCN2S(=O)(=O)c2ccc3[nH]c(=O)sc3c2)cc1OC. The van der Waals surface area contributed by atoms with Crippen molar-refractivity contribution in [2.24, 2.45) is 0 Å². The van der Waals surface area contributed by atoms with Gasteiger partial charge in [-0.15, -0.1) is 0 Å². The number of thiazole rings is 1. The number of ether oxygens (including phenoxy) is 4. The van der Waals surface area contributed by atoms with Crippen molar-refractivity contribution in [2.75, 3.05) is 34.0 Å². The van der Waals surface area contributed by atoms with Crippen LogP contribution in [0.1, 0.15) is 19.3 Å². The van der Waals surface area contributed by atoms with Crippen LogP contribution in [0.3, 0.4) is 0 Å². The first kappa shape index (κ1) is 25.0. The Kier molecular flexibility index (Phi) is 7.63. The molecule has 1 N–H and O–H groups in total. The Balaban J connectivity index is 1.40. The molecule has 0 radical (unpaired) electrons. The fourth-order valence-electron chi connectivity index (χ4n) is 3.95. The van der Waals surface area contributed by atoms with E-state index in [0.717, 1.165) is 11.3 Å². The first-order chi connectivity index (χ1) is 16.8. The molecule has 3 aromatic rings. The van der Waals surface area contributed by atoms with Crippen molar-refractivity contribution in [2.45, 2.75) is 30.2 Å². The average molecular weight is 523 g/mol. The van der Waals surface area contributed by atoms with E-state index >= 15 is 0 Å². The van der Waals surface area contributed by atoms with E-state index in [0.29, 0.717) is 46.7 Å². The van der Waals surface area contributed by atoms with Crippen LogP contribution < -0.4 is 19.1 Å². The number of piperidine rings is 1. The van der Waals surface area contributed by atoms with Gasteiger partial charge in [0.05, 0.1) is 29.3 Å². The van der Waals surface area contributed by atoms with E-state index in [-0.39, 0.29) is 29.5 Å². The zero-order chi connectivity index (χ0) is 25.0. The van der Waals surface area contributed by atoms with Gasteiger partial charge < -0.3 is 23.9 Å². The highest BCUT2D eigenvalue weighted by Crippen LogP contribution is 2.31. The van der Waals surface area contributed by atoms with Gasteiger partial charge in [0, 0.05) is 12.6 Å². The first-order valence-corrected chi connectivity index (χ1v) is 13.3. The molecule has 1 atom stereocenters. The Morgan fingerprint density at radius 2 is 1.89 bits per heavy atom. The minimum Gasteiger partial charge on any atom is -0.493 e. The van der Waals surface area contributed by atoms with Crippen LogP contribution >= 0.6 is 11.3 Å². The molecular weight excluding hydrogens is 496 g/mol. The van der Waals surface area contributed by atoms with Crippen molar-refractivity contribution in [1.82, 2.24) is 9.29 Å². The van der Waals surface area contributed by atoms with Crippen LogP contribution in [0.15, 0.2) is 46.1 Å². The minimum absolute atomic E-state index is 0.0386. The summed E-state index contributed by atoms with van der Waals surface area (Å²) < 4.78 is 49.9. The quantitative estimate of drug-likeness (QED) is 0.336. The summed E-state index contributed by atoms with van der Waals surface area (Å²) in [5.41, 5.74) is 0.572. The molecule has 1 aliphatic heterocycles. The number of aromatic amines is 1. The fraction of sp³-hybridized carbons (Fsp3) is 0.391. The molecule has 1 fully saturated rings. The van der Waals surface area contributed by atoms with Crippen LogP contribution in [0.25, 0.3) is 10.2 Å².